The van der Waals surface area contributed by atoms with Crippen LogP contribution in [0, 0.1) is 11.8 Å². The summed E-state index contributed by atoms with van der Waals surface area (Å²) in [5.41, 5.74) is 0.739. The first-order valence-corrected chi connectivity index (χ1v) is 7.32. The van der Waals surface area contributed by atoms with E-state index in [4.69, 9.17) is 9.47 Å². The largest absolute Gasteiger partial charge is 0.482 e. The van der Waals surface area contributed by atoms with Gasteiger partial charge in [0.25, 0.3) is 0 Å². The predicted octanol–water partition coefficient (Wildman–Crippen LogP) is 2.99. The summed E-state index contributed by atoms with van der Waals surface area (Å²) in [5.74, 6) is 5.66. The summed E-state index contributed by atoms with van der Waals surface area (Å²) in [4.78, 5) is 11.3. The number of hydrogen-bond donors (Lipinski definition) is 1. The number of hydrogen-bond acceptors (Lipinski definition) is 4. The highest BCUT2D eigenvalue weighted by atomic mass is 16.5. The lowest BCUT2D eigenvalue weighted by Crippen LogP contribution is -2.10. The van der Waals surface area contributed by atoms with E-state index < -0.39 is 12.1 Å². The van der Waals surface area contributed by atoms with Crippen LogP contribution in [0.1, 0.15) is 38.9 Å². The molecule has 0 aliphatic rings. The minimum atomic E-state index is -0.854. The lowest BCUT2D eigenvalue weighted by atomic mass is 10.1. The molecule has 0 saturated carbocycles. The Labute approximate surface area is 131 Å². The topological polar surface area (TPSA) is 55.8 Å². The van der Waals surface area contributed by atoms with Crippen LogP contribution in [0.25, 0.3) is 0 Å². The first-order valence-electron chi connectivity index (χ1n) is 7.32. The zero-order valence-corrected chi connectivity index (χ0v) is 13.2. The Kier molecular flexibility index (Phi) is 7.80. The molecule has 0 heterocycles. The monoisotopic (exact) mass is 302 g/mol. The molecule has 0 fully saturated rings. The van der Waals surface area contributed by atoms with Crippen molar-refractivity contribution in [2.24, 2.45) is 0 Å². The Balaban J connectivity index is 2.66. The second-order valence-corrected chi connectivity index (χ2v) is 4.62. The van der Waals surface area contributed by atoms with E-state index in [0.29, 0.717) is 18.8 Å². The summed E-state index contributed by atoms with van der Waals surface area (Å²) in [5, 5.41) is 10.00. The summed E-state index contributed by atoms with van der Waals surface area (Å²) in [6.07, 6.45) is 0.696. The van der Waals surface area contributed by atoms with Gasteiger partial charge in [-0.1, -0.05) is 49.1 Å². The Morgan fingerprint density at radius 3 is 2.55 bits per heavy atom. The minimum absolute atomic E-state index is 0.322. The van der Waals surface area contributed by atoms with Crippen molar-refractivity contribution in [3.8, 4) is 11.8 Å². The molecule has 0 saturated heterocycles. The number of esters is 1. The van der Waals surface area contributed by atoms with Gasteiger partial charge in [-0.25, -0.2) is 4.79 Å². The zero-order valence-electron chi connectivity index (χ0n) is 13.2. The van der Waals surface area contributed by atoms with E-state index in [9.17, 15) is 9.90 Å². The van der Waals surface area contributed by atoms with Crippen LogP contribution in [0.15, 0.2) is 42.2 Å². The Bertz CT molecular complexity index is 551. The normalized spacial score (nSPS) is 13.5. The molecule has 1 rings (SSSR count). The van der Waals surface area contributed by atoms with Gasteiger partial charge in [0.2, 0.25) is 0 Å². The van der Waals surface area contributed by atoms with Gasteiger partial charge in [0.1, 0.15) is 11.9 Å². The number of carbonyl (C=O) groups excluding carboxylic acids is 1. The number of aliphatic hydroxyl groups excluding tert-OH is 1. The smallest absolute Gasteiger partial charge is 0.334 e. The molecule has 1 aromatic carbocycles. The van der Waals surface area contributed by atoms with Crippen molar-refractivity contribution in [2.75, 3.05) is 6.61 Å². The number of rotatable bonds is 6. The molecule has 22 heavy (non-hydrogen) atoms. The zero-order chi connectivity index (χ0) is 16.4. The summed E-state index contributed by atoms with van der Waals surface area (Å²) in [6, 6.07) is 9.20. The molecule has 1 aromatic rings. The van der Waals surface area contributed by atoms with Crippen molar-refractivity contribution in [1.29, 1.82) is 0 Å². The van der Waals surface area contributed by atoms with E-state index in [1.807, 2.05) is 37.3 Å². The first-order chi connectivity index (χ1) is 10.6. The lowest BCUT2D eigenvalue weighted by Gasteiger charge is -2.12. The van der Waals surface area contributed by atoms with Crippen molar-refractivity contribution in [3.63, 3.8) is 0 Å². The van der Waals surface area contributed by atoms with Crippen LogP contribution in [-0.4, -0.2) is 23.8 Å². The van der Waals surface area contributed by atoms with Gasteiger partial charge in [0.15, 0.2) is 6.10 Å². The fraction of sp³-hybridized carbons (Fsp3) is 0.389. The Morgan fingerprint density at radius 2 is 1.95 bits per heavy atom. The van der Waals surface area contributed by atoms with Crippen molar-refractivity contribution < 1.29 is 19.4 Å². The molecule has 4 nitrogen and oxygen atoms in total. The molecule has 1 N–H and O–H groups in total. The van der Waals surface area contributed by atoms with Crippen molar-refractivity contribution in [3.05, 3.63) is 47.7 Å². The van der Waals surface area contributed by atoms with Gasteiger partial charge < -0.3 is 14.6 Å². The molecule has 0 bridgehead atoms. The summed E-state index contributed by atoms with van der Waals surface area (Å²) < 4.78 is 10.4. The van der Waals surface area contributed by atoms with Crippen molar-refractivity contribution in [2.45, 2.75) is 39.4 Å². The lowest BCUT2D eigenvalue weighted by molar-refractivity contribution is -0.137. The summed E-state index contributed by atoms with van der Waals surface area (Å²) >= 11 is 0. The fourth-order valence-corrected chi connectivity index (χ4v) is 1.71. The number of aliphatic hydroxyl groups is 1. The molecular weight excluding hydrogens is 280 g/mol. The molecule has 0 spiro atoms. The highest BCUT2D eigenvalue weighted by Gasteiger charge is 2.07. The van der Waals surface area contributed by atoms with Crippen LogP contribution in [0.2, 0.25) is 0 Å². The van der Waals surface area contributed by atoms with Crippen molar-refractivity contribution >= 4 is 5.97 Å². The molecular formula is C18H22O4. The summed E-state index contributed by atoms with van der Waals surface area (Å²) in [6.45, 7) is 5.66. The SMILES string of the molecule is CCOC(=O)/C=C(\C)OC(C#CC(O)c1ccccc1)CC. The van der Waals surface area contributed by atoms with Gasteiger partial charge in [0.05, 0.1) is 12.7 Å². The van der Waals surface area contributed by atoms with Gasteiger partial charge in [-0.3, -0.25) is 0 Å². The van der Waals surface area contributed by atoms with Gasteiger partial charge in [-0.05, 0) is 25.8 Å². The molecule has 2 atom stereocenters. The van der Waals surface area contributed by atoms with Gasteiger partial charge in [0, 0.05) is 0 Å². The Hall–Kier alpha value is -2.25. The van der Waals surface area contributed by atoms with E-state index >= 15 is 0 Å². The van der Waals surface area contributed by atoms with E-state index in [-0.39, 0.29) is 6.10 Å². The van der Waals surface area contributed by atoms with E-state index in [1.54, 1.807) is 13.8 Å². The minimum Gasteiger partial charge on any atom is -0.482 e. The molecule has 0 radical (unpaired) electrons. The molecule has 118 valence electrons. The maximum Gasteiger partial charge on any atom is 0.334 e. The van der Waals surface area contributed by atoms with Gasteiger partial charge >= 0.3 is 5.97 Å². The van der Waals surface area contributed by atoms with E-state index in [1.165, 1.54) is 6.08 Å². The molecule has 0 aliphatic carbocycles. The number of ether oxygens (including phenoxy) is 2. The van der Waals surface area contributed by atoms with Gasteiger partial charge in [-0.2, -0.15) is 0 Å². The molecule has 4 heteroatoms. The maximum absolute atomic E-state index is 11.3. The van der Waals surface area contributed by atoms with Crippen LogP contribution in [0.4, 0.5) is 0 Å². The fourth-order valence-electron chi connectivity index (χ4n) is 1.71. The second kappa shape index (κ2) is 9.64. The third-order valence-corrected chi connectivity index (χ3v) is 2.80. The van der Waals surface area contributed by atoms with Crippen molar-refractivity contribution in [1.82, 2.24) is 0 Å². The van der Waals surface area contributed by atoms with Crippen LogP contribution in [0.3, 0.4) is 0 Å². The quantitative estimate of drug-likeness (QED) is 0.380. The maximum atomic E-state index is 11.3. The van der Waals surface area contributed by atoms with Gasteiger partial charge in [-0.15, -0.1) is 0 Å². The average molecular weight is 302 g/mol. The van der Waals surface area contributed by atoms with Crippen LogP contribution >= 0.6 is 0 Å². The third-order valence-electron chi connectivity index (χ3n) is 2.80. The Morgan fingerprint density at radius 1 is 1.27 bits per heavy atom. The van der Waals surface area contributed by atoms with E-state index in [0.717, 1.165) is 5.56 Å². The third kappa shape index (κ3) is 6.47. The highest BCUT2D eigenvalue weighted by Crippen LogP contribution is 2.11. The predicted molar refractivity (Wildman–Crippen MR) is 84.7 cm³/mol. The second-order valence-electron chi connectivity index (χ2n) is 4.62. The van der Waals surface area contributed by atoms with Crippen LogP contribution < -0.4 is 0 Å². The average Bonchev–Trinajstić information content (AvgIpc) is 2.52. The first kappa shape index (κ1) is 17.8. The number of carbonyl (C=O) groups is 1. The standard InChI is InChI=1S/C18H22O4/c1-4-16(22-14(3)13-18(20)21-5-2)11-12-17(19)15-9-7-6-8-10-15/h6-10,13,16-17,19H,4-5H2,1-3H3/b14-13+. The van der Waals surface area contributed by atoms with Crippen LogP contribution in [-0.2, 0) is 14.3 Å². The summed E-state index contributed by atoms with van der Waals surface area (Å²) in [7, 11) is 0. The number of benzene rings is 1. The molecule has 0 aromatic heterocycles. The molecule has 0 aliphatic heterocycles. The molecule has 2 unspecified atom stereocenters. The van der Waals surface area contributed by atoms with Crippen LogP contribution in [0.5, 0.6) is 0 Å². The van der Waals surface area contributed by atoms with E-state index in [2.05, 4.69) is 11.8 Å². The molecule has 0 amide bonds. The highest BCUT2D eigenvalue weighted by molar-refractivity contribution is 5.82. The number of allylic oxidation sites excluding steroid dienone is 1.